The van der Waals surface area contributed by atoms with E-state index in [2.05, 4.69) is 0 Å². The van der Waals surface area contributed by atoms with E-state index in [1.54, 1.807) is 0 Å². The second kappa shape index (κ2) is 2.67. The fourth-order valence-corrected chi connectivity index (χ4v) is 2.43. The molecule has 3 aliphatic heterocycles. The third kappa shape index (κ3) is 0.992. The third-order valence-corrected chi connectivity index (χ3v) is 3.23. The summed E-state index contributed by atoms with van der Waals surface area (Å²) >= 11 is 0. The van der Waals surface area contributed by atoms with Crippen molar-refractivity contribution < 1.29 is 15.3 Å². The standard InChI is InChI=1S/C8H15NO3/c10-5-7-8(11,12)6-1-3-9(7)4-2-6/h6-7,10-12H,1-5H2/t7-/m0/s1. The van der Waals surface area contributed by atoms with Gasteiger partial charge in [-0.1, -0.05) is 0 Å². The Morgan fingerprint density at radius 2 is 1.83 bits per heavy atom. The molecule has 0 radical (unpaired) electrons. The van der Waals surface area contributed by atoms with Gasteiger partial charge in [0.25, 0.3) is 0 Å². The summed E-state index contributed by atoms with van der Waals surface area (Å²) in [6.45, 7) is 1.61. The lowest BCUT2D eigenvalue weighted by Gasteiger charge is -2.52. The van der Waals surface area contributed by atoms with Crippen LogP contribution >= 0.6 is 0 Å². The van der Waals surface area contributed by atoms with Crippen LogP contribution in [0.1, 0.15) is 12.8 Å². The summed E-state index contributed by atoms with van der Waals surface area (Å²) in [5.74, 6) is -1.70. The molecule has 0 unspecified atom stereocenters. The van der Waals surface area contributed by atoms with Gasteiger partial charge < -0.3 is 15.3 Å². The summed E-state index contributed by atoms with van der Waals surface area (Å²) < 4.78 is 0. The summed E-state index contributed by atoms with van der Waals surface area (Å²) in [4.78, 5) is 1.96. The van der Waals surface area contributed by atoms with Gasteiger partial charge in [0.2, 0.25) is 0 Å². The van der Waals surface area contributed by atoms with E-state index in [9.17, 15) is 10.2 Å². The van der Waals surface area contributed by atoms with Gasteiger partial charge in [-0.2, -0.15) is 0 Å². The van der Waals surface area contributed by atoms with Crippen LogP contribution in [0.15, 0.2) is 0 Å². The maximum Gasteiger partial charge on any atom is 0.183 e. The van der Waals surface area contributed by atoms with E-state index in [4.69, 9.17) is 5.11 Å². The van der Waals surface area contributed by atoms with Gasteiger partial charge in [-0.05, 0) is 25.9 Å². The van der Waals surface area contributed by atoms with Gasteiger partial charge in [0, 0.05) is 5.92 Å². The second-order valence-electron chi connectivity index (χ2n) is 3.79. The normalized spacial score (nSPS) is 44.8. The highest BCUT2D eigenvalue weighted by molar-refractivity contribution is 4.98. The van der Waals surface area contributed by atoms with Gasteiger partial charge in [0.05, 0.1) is 12.6 Å². The van der Waals surface area contributed by atoms with E-state index in [1.165, 1.54) is 0 Å². The Morgan fingerprint density at radius 1 is 1.25 bits per heavy atom. The van der Waals surface area contributed by atoms with Crippen molar-refractivity contribution in [1.82, 2.24) is 4.90 Å². The minimum absolute atomic E-state index is 0.0420. The summed E-state index contributed by atoms with van der Waals surface area (Å²) in [5.41, 5.74) is 0. The van der Waals surface area contributed by atoms with Crippen molar-refractivity contribution in [3.05, 3.63) is 0 Å². The fourth-order valence-electron chi connectivity index (χ4n) is 2.43. The Kier molecular flexibility index (Phi) is 1.88. The van der Waals surface area contributed by atoms with Crippen molar-refractivity contribution in [3.8, 4) is 0 Å². The molecule has 3 saturated heterocycles. The summed E-state index contributed by atoms with van der Waals surface area (Å²) in [6.07, 6.45) is 1.67. The van der Waals surface area contributed by atoms with Gasteiger partial charge in [0.1, 0.15) is 0 Å². The number of rotatable bonds is 1. The lowest BCUT2D eigenvalue weighted by atomic mass is 9.78. The van der Waals surface area contributed by atoms with Crippen LogP contribution < -0.4 is 0 Å². The number of piperidine rings is 3. The first kappa shape index (κ1) is 8.44. The molecule has 0 saturated carbocycles. The van der Waals surface area contributed by atoms with E-state index in [0.29, 0.717) is 0 Å². The molecule has 2 bridgehead atoms. The SMILES string of the molecule is OC[C@@H]1N2CCC(CC2)C1(O)O. The number of aliphatic hydroxyl groups is 3. The molecular formula is C8H15NO3. The van der Waals surface area contributed by atoms with Crippen molar-refractivity contribution in [2.24, 2.45) is 5.92 Å². The quantitative estimate of drug-likeness (QED) is 0.434. The van der Waals surface area contributed by atoms with E-state index < -0.39 is 11.8 Å². The molecule has 0 aromatic rings. The van der Waals surface area contributed by atoms with Crippen LogP contribution in [0.3, 0.4) is 0 Å². The van der Waals surface area contributed by atoms with Crippen LogP contribution in [0.5, 0.6) is 0 Å². The largest absolute Gasteiger partial charge is 0.395 e. The second-order valence-corrected chi connectivity index (χ2v) is 3.79. The smallest absolute Gasteiger partial charge is 0.183 e. The number of hydrogen-bond donors (Lipinski definition) is 3. The molecule has 4 heteroatoms. The summed E-state index contributed by atoms with van der Waals surface area (Å²) in [5, 5.41) is 28.3. The molecule has 3 N–H and O–H groups in total. The van der Waals surface area contributed by atoms with Gasteiger partial charge in [-0.3, -0.25) is 4.90 Å². The van der Waals surface area contributed by atoms with Crippen LogP contribution in [0.25, 0.3) is 0 Å². The highest BCUT2D eigenvalue weighted by atomic mass is 16.5. The summed E-state index contributed by atoms with van der Waals surface area (Å²) in [7, 11) is 0. The lowest BCUT2D eigenvalue weighted by Crippen LogP contribution is -2.67. The monoisotopic (exact) mass is 173 g/mol. The van der Waals surface area contributed by atoms with Gasteiger partial charge in [-0.15, -0.1) is 0 Å². The van der Waals surface area contributed by atoms with E-state index in [0.717, 1.165) is 25.9 Å². The Balaban J connectivity index is 2.21. The van der Waals surface area contributed by atoms with Crippen molar-refractivity contribution in [2.45, 2.75) is 24.7 Å². The molecule has 0 spiro atoms. The summed E-state index contributed by atoms with van der Waals surface area (Å²) in [6, 6.07) is -0.468. The first-order valence-electron chi connectivity index (χ1n) is 4.46. The zero-order chi connectivity index (χ0) is 8.77. The Labute approximate surface area is 71.4 Å². The molecule has 3 rings (SSSR count). The molecule has 0 aromatic heterocycles. The molecule has 1 atom stereocenters. The molecule has 4 nitrogen and oxygen atoms in total. The third-order valence-electron chi connectivity index (χ3n) is 3.23. The van der Waals surface area contributed by atoms with Crippen LogP contribution in [-0.4, -0.2) is 51.7 Å². The van der Waals surface area contributed by atoms with Gasteiger partial charge in [-0.25, -0.2) is 0 Å². The molecule has 3 fully saturated rings. The Hall–Kier alpha value is -0.160. The topological polar surface area (TPSA) is 63.9 Å². The van der Waals surface area contributed by atoms with Crippen LogP contribution in [0, 0.1) is 5.92 Å². The molecule has 0 aromatic carbocycles. The molecule has 0 aliphatic carbocycles. The zero-order valence-electron chi connectivity index (χ0n) is 6.98. The highest BCUT2D eigenvalue weighted by Gasteiger charge is 2.51. The first-order valence-corrected chi connectivity index (χ1v) is 4.46. The first-order chi connectivity index (χ1) is 5.66. The van der Waals surface area contributed by atoms with Gasteiger partial charge >= 0.3 is 0 Å². The zero-order valence-corrected chi connectivity index (χ0v) is 6.98. The number of hydrogen-bond acceptors (Lipinski definition) is 4. The Bertz CT molecular complexity index is 175. The maximum atomic E-state index is 9.68. The van der Waals surface area contributed by atoms with Crippen LogP contribution in [0.2, 0.25) is 0 Å². The number of fused-ring (bicyclic) bond motifs is 3. The minimum Gasteiger partial charge on any atom is -0.395 e. The molecule has 12 heavy (non-hydrogen) atoms. The highest BCUT2D eigenvalue weighted by Crippen LogP contribution is 2.38. The van der Waals surface area contributed by atoms with Crippen molar-refractivity contribution in [3.63, 3.8) is 0 Å². The molecule has 70 valence electrons. The van der Waals surface area contributed by atoms with Crippen molar-refractivity contribution in [1.29, 1.82) is 0 Å². The lowest BCUT2D eigenvalue weighted by molar-refractivity contribution is -0.285. The average molecular weight is 173 g/mol. The van der Waals surface area contributed by atoms with Crippen LogP contribution in [-0.2, 0) is 0 Å². The van der Waals surface area contributed by atoms with E-state index in [-0.39, 0.29) is 12.5 Å². The van der Waals surface area contributed by atoms with E-state index in [1.807, 2.05) is 4.90 Å². The molecular weight excluding hydrogens is 158 g/mol. The average Bonchev–Trinajstić information content (AvgIpc) is 2.05. The fraction of sp³-hybridized carbons (Fsp3) is 1.00. The van der Waals surface area contributed by atoms with Crippen LogP contribution in [0.4, 0.5) is 0 Å². The van der Waals surface area contributed by atoms with Crippen molar-refractivity contribution in [2.75, 3.05) is 19.7 Å². The molecule has 3 heterocycles. The maximum absolute atomic E-state index is 9.68. The predicted octanol–water partition coefficient (Wildman–Crippen LogP) is -1.25. The predicted molar refractivity (Wildman–Crippen MR) is 42.3 cm³/mol. The molecule has 0 amide bonds. The molecule has 3 aliphatic rings. The van der Waals surface area contributed by atoms with Gasteiger partial charge in [0.15, 0.2) is 5.79 Å². The Morgan fingerprint density at radius 3 is 2.17 bits per heavy atom. The van der Waals surface area contributed by atoms with Crippen molar-refractivity contribution >= 4 is 0 Å². The minimum atomic E-state index is -1.66. The number of aliphatic hydroxyl groups excluding tert-OH is 1. The van der Waals surface area contributed by atoms with E-state index >= 15 is 0 Å². The number of nitrogens with zero attached hydrogens (tertiary/aromatic N) is 1.